The van der Waals surface area contributed by atoms with Gasteiger partial charge in [-0.15, -0.1) is 0 Å². The zero-order valence-electron chi connectivity index (χ0n) is 9.22. The first-order valence-electron chi connectivity index (χ1n) is 4.88. The molecule has 1 rings (SSSR count). The topological polar surface area (TPSA) is 0 Å². The van der Waals surface area contributed by atoms with E-state index in [1.807, 2.05) is 13.8 Å². The van der Waals surface area contributed by atoms with Crippen LogP contribution in [0.3, 0.4) is 0 Å². The van der Waals surface area contributed by atoms with E-state index in [0.29, 0.717) is 0 Å². The second-order valence-corrected chi connectivity index (χ2v) is 3.12. The molecule has 13 heavy (non-hydrogen) atoms. The van der Waals surface area contributed by atoms with Crippen molar-refractivity contribution in [2.75, 3.05) is 0 Å². The van der Waals surface area contributed by atoms with Crippen molar-refractivity contribution in [3.63, 3.8) is 0 Å². The van der Waals surface area contributed by atoms with Gasteiger partial charge in [0.2, 0.25) is 0 Å². The molecule has 0 spiro atoms. The summed E-state index contributed by atoms with van der Waals surface area (Å²) < 4.78 is 0. The van der Waals surface area contributed by atoms with E-state index in [1.165, 1.54) is 16.7 Å². The fourth-order valence-corrected chi connectivity index (χ4v) is 1.17. The van der Waals surface area contributed by atoms with Gasteiger partial charge in [0.05, 0.1) is 0 Å². The third-order valence-corrected chi connectivity index (χ3v) is 1.59. The van der Waals surface area contributed by atoms with Crippen LogP contribution in [0, 0.1) is 6.92 Å². The zero-order chi connectivity index (χ0) is 10.3. The van der Waals surface area contributed by atoms with Crippen LogP contribution in [0.15, 0.2) is 36.4 Å². The van der Waals surface area contributed by atoms with Crippen LogP contribution in [0.4, 0.5) is 0 Å². The Balaban J connectivity index is 0.000000671. The molecule has 0 aliphatic rings. The lowest BCUT2D eigenvalue weighted by Gasteiger charge is -2.00. The molecule has 0 amide bonds. The summed E-state index contributed by atoms with van der Waals surface area (Å²) in [5.74, 6) is 0. The van der Waals surface area contributed by atoms with Crippen LogP contribution >= 0.6 is 0 Å². The highest BCUT2D eigenvalue weighted by Crippen LogP contribution is 2.07. The lowest BCUT2D eigenvalue weighted by atomic mass is 10.1. The minimum absolute atomic E-state index is 1.00. The van der Waals surface area contributed by atoms with Crippen LogP contribution in [-0.2, 0) is 6.42 Å². The lowest BCUT2D eigenvalue weighted by molar-refractivity contribution is 1.15. The first kappa shape index (κ1) is 12.0. The summed E-state index contributed by atoms with van der Waals surface area (Å²) in [7, 11) is 0. The van der Waals surface area contributed by atoms with Gasteiger partial charge in [-0.05, 0) is 25.8 Å². The molecule has 0 unspecified atom stereocenters. The molecule has 0 bridgehead atoms. The summed E-state index contributed by atoms with van der Waals surface area (Å²) in [6.45, 7) is 12.1. The first-order valence-corrected chi connectivity index (χ1v) is 4.88. The molecule has 1 aromatic carbocycles. The molecule has 0 heterocycles. The molecule has 0 aliphatic carbocycles. The van der Waals surface area contributed by atoms with Gasteiger partial charge in [0.1, 0.15) is 0 Å². The molecule has 0 saturated heterocycles. The van der Waals surface area contributed by atoms with Crippen molar-refractivity contribution in [2.45, 2.75) is 34.1 Å². The maximum absolute atomic E-state index is 3.88. The van der Waals surface area contributed by atoms with E-state index in [9.17, 15) is 0 Å². The maximum Gasteiger partial charge on any atom is -0.00725 e. The predicted octanol–water partition coefficient (Wildman–Crippen LogP) is 4.14. The average molecular weight is 176 g/mol. The number of allylic oxidation sites excluding steroid dienone is 1. The summed E-state index contributed by atoms with van der Waals surface area (Å²) in [6, 6.07) is 8.55. The van der Waals surface area contributed by atoms with Crippen LogP contribution in [0.2, 0.25) is 0 Å². The molecule has 1 aromatic rings. The van der Waals surface area contributed by atoms with Crippen LogP contribution in [-0.4, -0.2) is 0 Å². The number of hydrogen-bond donors (Lipinski definition) is 0. The first-order chi connectivity index (χ1) is 6.18. The molecular weight excluding hydrogens is 156 g/mol. The second kappa shape index (κ2) is 6.47. The minimum atomic E-state index is 1.00. The molecule has 0 radical (unpaired) electrons. The fourth-order valence-electron chi connectivity index (χ4n) is 1.17. The molecule has 0 saturated carbocycles. The highest BCUT2D eigenvalue weighted by atomic mass is 14.0. The molecule has 0 heteroatoms. The van der Waals surface area contributed by atoms with Crippen molar-refractivity contribution in [2.24, 2.45) is 0 Å². The number of hydrogen-bond acceptors (Lipinski definition) is 0. The van der Waals surface area contributed by atoms with Gasteiger partial charge < -0.3 is 0 Å². The van der Waals surface area contributed by atoms with Gasteiger partial charge in [0, 0.05) is 0 Å². The lowest BCUT2D eigenvalue weighted by Crippen LogP contribution is -1.85. The van der Waals surface area contributed by atoms with Crippen LogP contribution in [0.1, 0.15) is 31.9 Å². The van der Waals surface area contributed by atoms with Crippen molar-refractivity contribution in [3.8, 4) is 0 Å². The van der Waals surface area contributed by atoms with Crippen LogP contribution < -0.4 is 0 Å². The Morgan fingerprint density at radius 2 is 1.92 bits per heavy atom. The summed E-state index contributed by atoms with van der Waals surface area (Å²) in [5, 5.41) is 0. The van der Waals surface area contributed by atoms with Gasteiger partial charge in [0.15, 0.2) is 0 Å². The van der Waals surface area contributed by atoms with Gasteiger partial charge in [-0.25, -0.2) is 0 Å². The van der Waals surface area contributed by atoms with E-state index in [2.05, 4.69) is 44.7 Å². The van der Waals surface area contributed by atoms with Gasteiger partial charge in [0.25, 0.3) is 0 Å². The molecule has 0 fully saturated rings. The molecule has 72 valence electrons. The highest BCUT2D eigenvalue weighted by Gasteiger charge is 1.91. The average Bonchev–Trinajstić information content (AvgIpc) is 2.06. The third kappa shape index (κ3) is 5.24. The molecule has 0 nitrogen and oxygen atoms in total. The molecule has 0 aromatic heterocycles. The van der Waals surface area contributed by atoms with Crippen LogP contribution in [0.5, 0.6) is 0 Å². The van der Waals surface area contributed by atoms with E-state index in [4.69, 9.17) is 0 Å². The second-order valence-electron chi connectivity index (χ2n) is 3.12. The van der Waals surface area contributed by atoms with Gasteiger partial charge in [-0.1, -0.05) is 55.8 Å². The molecule has 0 atom stereocenters. The Morgan fingerprint density at radius 3 is 2.38 bits per heavy atom. The van der Waals surface area contributed by atoms with Crippen molar-refractivity contribution >= 4 is 0 Å². The quantitative estimate of drug-likeness (QED) is 0.594. The van der Waals surface area contributed by atoms with E-state index < -0.39 is 0 Å². The highest BCUT2D eigenvalue weighted by molar-refractivity contribution is 5.25. The normalized spacial score (nSPS) is 8.62. The van der Waals surface area contributed by atoms with Crippen molar-refractivity contribution in [3.05, 3.63) is 47.5 Å². The predicted molar refractivity (Wildman–Crippen MR) is 61.0 cm³/mol. The Morgan fingerprint density at radius 1 is 1.31 bits per heavy atom. The van der Waals surface area contributed by atoms with Crippen molar-refractivity contribution < 1.29 is 0 Å². The SMILES string of the molecule is C=C(C)Cc1cccc(C)c1.CC. The summed E-state index contributed by atoms with van der Waals surface area (Å²) in [5.41, 5.74) is 3.90. The van der Waals surface area contributed by atoms with Gasteiger partial charge in [-0.3, -0.25) is 0 Å². The zero-order valence-corrected chi connectivity index (χ0v) is 9.22. The standard InChI is InChI=1S/C11H14.C2H6/c1-9(2)7-11-6-4-5-10(3)8-11;1-2/h4-6,8H,1,7H2,2-3H3;1-2H3. The monoisotopic (exact) mass is 176 g/mol. The summed E-state index contributed by atoms with van der Waals surface area (Å²) >= 11 is 0. The van der Waals surface area contributed by atoms with Gasteiger partial charge >= 0.3 is 0 Å². The van der Waals surface area contributed by atoms with E-state index in [1.54, 1.807) is 0 Å². The number of rotatable bonds is 2. The van der Waals surface area contributed by atoms with Crippen molar-refractivity contribution in [1.29, 1.82) is 0 Å². The third-order valence-electron chi connectivity index (χ3n) is 1.59. The largest absolute Gasteiger partial charge is 0.0998 e. The summed E-state index contributed by atoms with van der Waals surface area (Å²) in [6.07, 6.45) is 1.00. The van der Waals surface area contributed by atoms with E-state index in [-0.39, 0.29) is 0 Å². The Hall–Kier alpha value is -1.04. The molecular formula is C13H20. The summed E-state index contributed by atoms with van der Waals surface area (Å²) in [4.78, 5) is 0. The van der Waals surface area contributed by atoms with Gasteiger partial charge in [-0.2, -0.15) is 0 Å². The Kier molecular flexibility index (Phi) is 5.96. The minimum Gasteiger partial charge on any atom is -0.0998 e. The fraction of sp³-hybridized carbons (Fsp3) is 0.385. The smallest absolute Gasteiger partial charge is 0.00725 e. The number of aryl methyl sites for hydroxylation is 1. The Bertz CT molecular complexity index is 258. The number of benzene rings is 1. The molecule has 0 N–H and O–H groups in total. The maximum atomic E-state index is 3.88. The van der Waals surface area contributed by atoms with Crippen molar-refractivity contribution in [1.82, 2.24) is 0 Å². The van der Waals surface area contributed by atoms with Crippen LogP contribution in [0.25, 0.3) is 0 Å². The van der Waals surface area contributed by atoms with E-state index >= 15 is 0 Å². The Labute approximate surface area is 82.3 Å². The molecule has 0 aliphatic heterocycles. The van der Waals surface area contributed by atoms with E-state index in [0.717, 1.165) is 6.42 Å².